The maximum atomic E-state index is 11.8. The Morgan fingerprint density at radius 1 is 1.29 bits per heavy atom. The Labute approximate surface area is 102 Å². The molecule has 0 heterocycles. The van der Waals surface area contributed by atoms with Crippen LogP contribution in [0.3, 0.4) is 0 Å². The third-order valence-corrected chi connectivity index (χ3v) is 5.60. The summed E-state index contributed by atoms with van der Waals surface area (Å²) < 4.78 is 23.7. The molecule has 0 N–H and O–H groups in total. The summed E-state index contributed by atoms with van der Waals surface area (Å²) in [6.45, 7) is 3.62. The Balaban J connectivity index is 2.30. The summed E-state index contributed by atoms with van der Waals surface area (Å²) in [5, 5.41) is 8.51. The van der Waals surface area contributed by atoms with Gasteiger partial charge in [-0.2, -0.15) is 5.26 Å². The van der Waals surface area contributed by atoms with Gasteiger partial charge in [0.25, 0.3) is 0 Å². The zero-order valence-corrected chi connectivity index (χ0v) is 10.7. The van der Waals surface area contributed by atoms with Gasteiger partial charge < -0.3 is 0 Å². The minimum Gasteiger partial charge on any atom is -0.228 e. The van der Waals surface area contributed by atoms with Gasteiger partial charge in [-0.05, 0) is 12.5 Å². The average Bonchev–Trinajstić information content (AvgIpc) is 3.05. The molecule has 90 valence electrons. The first-order valence-electron chi connectivity index (χ1n) is 5.69. The number of hydrogen-bond donors (Lipinski definition) is 0. The van der Waals surface area contributed by atoms with Crippen LogP contribution in [0.5, 0.6) is 0 Å². The van der Waals surface area contributed by atoms with E-state index in [0.29, 0.717) is 0 Å². The molecular weight excluding hydrogens is 234 g/mol. The quantitative estimate of drug-likeness (QED) is 0.823. The standard InChI is InChI=1S/C13H15NO2S/c1-3-17(15,16)13-11(8-14)12(13)10-6-4-9(2)5-7-10/h4-7,11-13H,3H2,1-2H3/t11-,12+,13-/m1/s1. The van der Waals surface area contributed by atoms with Crippen molar-refractivity contribution in [2.75, 3.05) is 5.75 Å². The van der Waals surface area contributed by atoms with Gasteiger partial charge in [0.15, 0.2) is 9.84 Å². The van der Waals surface area contributed by atoms with Crippen LogP contribution in [0.15, 0.2) is 24.3 Å². The number of nitrogens with zero attached hydrogens (tertiary/aromatic N) is 1. The monoisotopic (exact) mass is 249 g/mol. The van der Waals surface area contributed by atoms with Crippen molar-refractivity contribution in [3.05, 3.63) is 35.4 Å². The van der Waals surface area contributed by atoms with Crippen LogP contribution in [0.4, 0.5) is 0 Å². The maximum absolute atomic E-state index is 11.8. The third kappa shape index (κ3) is 2.07. The first kappa shape index (κ1) is 12.1. The molecule has 1 aliphatic carbocycles. The highest BCUT2D eigenvalue weighted by molar-refractivity contribution is 7.92. The lowest BCUT2D eigenvalue weighted by molar-refractivity contribution is 0.594. The smallest absolute Gasteiger partial charge is 0.154 e. The molecule has 0 bridgehead atoms. The Bertz CT molecular complexity index is 554. The SMILES string of the molecule is CCS(=O)(=O)[C@@H]1[C@H](C#N)[C@@H]1c1ccc(C)cc1. The summed E-state index contributed by atoms with van der Waals surface area (Å²) in [6.07, 6.45) is 0. The van der Waals surface area contributed by atoms with Crippen LogP contribution in [0.2, 0.25) is 0 Å². The van der Waals surface area contributed by atoms with Crippen LogP contribution in [-0.2, 0) is 9.84 Å². The van der Waals surface area contributed by atoms with Gasteiger partial charge in [0.05, 0.1) is 17.2 Å². The second-order valence-electron chi connectivity index (χ2n) is 4.51. The molecule has 0 amide bonds. The zero-order valence-electron chi connectivity index (χ0n) is 9.92. The number of benzene rings is 1. The van der Waals surface area contributed by atoms with Gasteiger partial charge in [-0.3, -0.25) is 0 Å². The highest BCUT2D eigenvalue weighted by atomic mass is 32.2. The van der Waals surface area contributed by atoms with Crippen LogP contribution in [0.25, 0.3) is 0 Å². The van der Waals surface area contributed by atoms with Crippen molar-refractivity contribution in [1.29, 1.82) is 5.26 Å². The Hall–Kier alpha value is -1.34. The number of hydrogen-bond acceptors (Lipinski definition) is 3. The number of sulfone groups is 1. The first-order chi connectivity index (χ1) is 8.01. The molecule has 3 nitrogen and oxygen atoms in total. The van der Waals surface area contributed by atoms with Gasteiger partial charge in [0.1, 0.15) is 0 Å². The van der Waals surface area contributed by atoms with Crippen molar-refractivity contribution in [2.45, 2.75) is 25.0 Å². The number of aryl methyl sites for hydroxylation is 1. The number of nitriles is 1. The fourth-order valence-corrected chi connectivity index (χ4v) is 4.01. The maximum Gasteiger partial charge on any atom is 0.154 e. The van der Waals surface area contributed by atoms with E-state index < -0.39 is 15.1 Å². The van der Waals surface area contributed by atoms with E-state index in [-0.39, 0.29) is 17.6 Å². The lowest BCUT2D eigenvalue weighted by Crippen LogP contribution is -2.12. The van der Waals surface area contributed by atoms with Crippen molar-refractivity contribution >= 4 is 9.84 Å². The van der Waals surface area contributed by atoms with Gasteiger partial charge in [-0.1, -0.05) is 36.8 Å². The van der Waals surface area contributed by atoms with Gasteiger partial charge in [0.2, 0.25) is 0 Å². The molecule has 3 atom stereocenters. The fraction of sp³-hybridized carbons (Fsp3) is 0.462. The topological polar surface area (TPSA) is 57.9 Å². The van der Waals surface area contributed by atoms with E-state index in [2.05, 4.69) is 6.07 Å². The first-order valence-corrected chi connectivity index (χ1v) is 7.40. The van der Waals surface area contributed by atoms with Crippen LogP contribution < -0.4 is 0 Å². The normalized spacial score (nSPS) is 27.5. The molecule has 1 aromatic rings. The Kier molecular flexibility index (Phi) is 2.96. The van der Waals surface area contributed by atoms with Crippen LogP contribution >= 0.6 is 0 Å². The molecule has 2 rings (SSSR count). The summed E-state index contributed by atoms with van der Waals surface area (Å²) >= 11 is 0. The molecule has 0 saturated heterocycles. The largest absolute Gasteiger partial charge is 0.228 e. The predicted octanol–water partition coefficient (Wildman–Crippen LogP) is 2.04. The Morgan fingerprint density at radius 3 is 2.35 bits per heavy atom. The Morgan fingerprint density at radius 2 is 1.88 bits per heavy atom. The summed E-state index contributed by atoms with van der Waals surface area (Å²) in [5.74, 6) is -0.397. The molecule has 4 heteroatoms. The van der Waals surface area contributed by atoms with E-state index in [0.717, 1.165) is 11.1 Å². The molecule has 0 aliphatic heterocycles. The highest BCUT2D eigenvalue weighted by Crippen LogP contribution is 2.52. The van der Waals surface area contributed by atoms with Crippen LogP contribution in [0, 0.1) is 24.2 Å². The molecule has 1 aromatic carbocycles. The van der Waals surface area contributed by atoms with E-state index in [1.807, 2.05) is 31.2 Å². The molecule has 0 aromatic heterocycles. The second-order valence-corrected chi connectivity index (χ2v) is 6.95. The average molecular weight is 249 g/mol. The van der Waals surface area contributed by atoms with Crippen molar-refractivity contribution in [3.8, 4) is 6.07 Å². The summed E-state index contributed by atoms with van der Waals surface area (Å²) in [4.78, 5) is 0. The number of rotatable bonds is 3. The van der Waals surface area contributed by atoms with Gasteiger partial charge >= 0.3 is 0 Å². The lowest BCUT2D eigenvalue weighted by Gasteiger charge is -2.01. The van der Waals surface area contributed by atoms with Gasteiger partial charge in [-0.25, -0.2) is 8.42 Å². The van der Waals surface area contributed by atoms with Crippen molar-refractivity contribution < 1.29 is 8.42 Å². The minimum absolute atomic E-state index is 0.109. The van der Waals surface area contributed by atoms with E-state index in [1.54, 1.807) is 6.92 Å². The van der Waals surface area contributed by atoms with Crippen molar-refractivity contribution in [3.63, 3.8) is 0 Å². The second kappa shape index (κ2) is 4.15. The minimum atomic E-state index is -3.12. The summed E-state index contributed by atoms with van der Waals surface area (Å²) in [6, 6.07) is 9.88. The van der Waals surface area contributed by atoms with Crippen LogP contribution in [-0.4, -0.2) is 19.4 Å². The molecular formula is C13H15NO2S. The zero-order chi connectivity index (χ0) is 12.6. The molecule has 1 fully saturated rings. The van der Waals surface area contributed by atoms with E-state index in [9.17, 15) is 8.42 Å². The molecule has 1 aliphatic rings. The van der Waals surface area contributed by atoms with Crippen molar-refractivity contribution in [1.82, 2.24) is 0 Å². The molecule has 0 unspecified atom stereocenters. The van der Waals surface area contributed by atoms with Crippen molar-refractivity contribution in [2.24, 2.45) is 5.92 Å². The molecule has 17 heavy (non-hydrogen) atoms. The lowest BCUT2D eigenvalue weighted by atomic mass is 10.1. The van der Waals surface area contributed by atoms with Crippen LogP contribution in [0.1, 0.15) is 24.0 Å². The summed E-state index contributed by atoms with van der Waals surface area (Å²) in [5.41, 5.74) is 2.10. The highest BCUT2D eigenvalue weighted by Gasteiger charge is 2.58. The van der Waals surface area contributed by atoms with Gasteiger partial charge in [-0.15, -0.1) is 0 Å². The molecule has 1 saturated carbocycles. The molecule has 0 spiro atoms. The van der Waals surface area contributed by atoms with E-state index in [1.165, 1.54) is 0 Å². The fourth-order valence-electron chi connectivity index (χ4n) is 2.26. The van der Waals surface area contributed by atoms with Gasteiger partial charge in [0, 0.05) is 11.7 Å². The predicted molar refractivity (Wildman–Crippen MR) is 66.3 cm³/mol. The van der Waals surface area contributed by atoms with E-state index in [4.69, 9.17) is 5.26 Å². The van der Waals surface area contributed by atoms with E-state index >= 15 is 0 Å². The third-order valence-electron chi connectivity index (χ3n) is 3.38. The molecule has 0 radical (unpaired) electrons. The summed E-state index contributed by atoms with van der Waals surface area (Å²) in [7, 11) is -3.12.